The molecule has 0 radical (unpaired) electrons. The summed E-state index contributed by atoms with van der Waals surface area (Å²) < 4.78 is 0. The molecule has 5 heteroatoms. The van der Waals surface area contributed by atoms with Crippen molar-refractivity contribution in [2.75, 3.05) is 6.54 Å². The molecular formula is C12H11NO2S2. The highest BCUT2D eigenvalue weighted by Gasteiger charge is 2.30. The summed E-state index contributed by atoms with van der Waals surface area (Å²) in [6, 6.07) is 7.48. The molecule has 1 aliphatic heterocycles. The molecule has 88 valence electrons. The van der Waals surface area contributed by atoms with Gasteiger partial charge in [0, 0.05) is 22.4 Å². The maximum Gasteiger partial charge on any atom is 0.267 e. The van der Waals surface area contributed by atoms with Crippen molar-refractivity contribution < 1.29 is 9.59 Å². The molecule has 2 amide bonds. The van der Waals surface area contributed by atoms with E-state index in [4.69, 9.17) is 0 Å². The zero-order chi connectivity index (χ0) is 12.4. The second-order valence-corrected chi connectivity index (χ2v) is 5.03. The van der Waals surface area contributed by atoms with E-state index in [2.05, 4.69) is 12.6 Å². The van der Waals surface area contributed by atoms with Crippen molar-refractivity contribution in [2.45, 2.75) is 16.7 Å². The molecule has 0 saturated heterocycles. The lowest BCUT2D eigenvalue weighted by Gasteiger charge is -2.11. The smallest absolute Gasteiger partial charge is 0.267 e. The number of nitrogens with zero attached hydrogens (tertiary/aromatic N) is 1. The number of hydrogen-bond acceptors (Lipinski definition) is 4. The lowest BCUT2D eigenvalue weighted by molar-refractivity contribution is -0.136. The highest BCUT2D eigenvalue weighted by Crippen LogP contribution is 2.34. The van der Waals surface area contributed by atoms with E-state index >= 15 is 0 Å². The molecule has 0 unspecified atom stereocenters. The molecule has 1 heterocycles. The van der Waals surface area contributed by atoms with Crippen LogP contribution in [0.5, 0.6) is 0 Å². The van der Waals surface area contributed by atoms with Crippen molar-refractivity contribution in [2.24, 2.45) is 0 Å². The van der Waals surface area contributed by atoms with E-state index in [9.17, 15) is 9.59 Å². The molecular weight excluding hydrogens is 254 g/mol. The van der Waals surface area contributed by atoms with Crippen LogP contribution >= 0.6 is 24.4 Å². The van der Waals surface area contributed by atoms with Crippen molar-refractivity contribution in [1.82, 2.24) is 4.90 Å². The van der Waals surface area contributed by atoms with Gasteiger partial charge in [-0.1, -0.05) is 23.9 Å². The molecule has 0 atom stereocenters. The fourth-order valence-corrected chi connectivity index (χ4v) is 2.73. The molecule has 1 aromatic rings. The molecule has 0 spiro atoms. The van der Waals surface area contributed by atoms with E-state index in [0.29, 0.717) is 11.4 Å². The first kappa shape index (κ1) is 12.3. The molecule has 0 saturated carbocycles. The van der Waals surface area contributed by atoms with Crippen LogP contribution in [0.4, 0.5) is 0 Å². The summed E-state index contributed by atoms with van der Waals surface area (Å²) in [5.74, 6) is -0.462. The van der Waals surface area contributed by atoms with Gasteiger partial charge in [-0.3, -0.25) is 14.5 Å². The van der Waals surface area contributed by atoms with Crippen LogP contribution in [0.15, 0.2) is 45.0 Å². The fraction of sp³-hybridized carbons (Fsp3) is 0.167. The standard InChI is InChI=1S/C12H11NO2S2/c1-2-13-11(14)7-10(12(13)15)17-9-6-4-3-5-8(9)16/h3-7,16H,2H2,1H3. The van der Waals surface area contributed by atoms with Crippen LogP contribution in [0.1, 0.15) is 6.92 Å². The summed E-state index contributed by atoms with van der Waals surface area (Å²) in [4.78, 5) is 26.7. The zero-order valence-electron chi connectivity index (χ0n) is 9.21. The van der Waals surface area contributed by atoms with E-state index in [1.807, 2.05) is 24.3 Å². The Bertz CT molecular complexity index is 511. The minimum Gasteiger partial charge on any atom is -0.275 e. The van der Waals surface area contributed by atoms with Crippen LogP contribution in [0, 0.1) is 0 Å². The lowest BCUT2D eigenvalue weighted by atomic mass is 10.4. The van der Waals surface area contributed by atoms with Gasteiger partial charge in [-0.2, -0.15) is 0 Å². The molecule has 1 aliphatic rings. The summed E-state index contributed by atoms with van der Waals surface area (Å²) in [5.41, 5.74) is 0. The predicted octanol–water partition coefficient (Wildman–Crippen LogP) is 2.34. The third-order valence-electron chi connectivity index (χ3n) is 2.38. The summed E-state index contributed by atoms with van der Waals surface area (Å²) in [6.45, 7) is 2.19. The molecule has 17 heavy (non-hydrogen) atoms. The number of hydrogen-bond donors (Lipinski definition) is 1. The van der Waals surface area contributed by atoms with E-state index in [1.54, 1.807) is 6.92 Å². The van der Waals surface area contributed by atoms with Crippen molar-refractivity contribution >= 4 is 36.2 Å². The minimum atomic E-state index is -0.239. The predicted molar refractivity (Wildman–Crippen MR) is 70.0 cm³/mol. The Morgan fingerprint density at radius 3 is 2.59 bits per heavy atom. The molecule has 1 aromatic carbocycles. The normalized spacial score (nSPS) is 15.4. The van der Waals surface area contributed by atoms with Gasteiger partial charge in [0.05, 0.1) is 4.91 Å². The molecule has 3 nitrogen and oxygen atoms in total. The number of likely N-dealkylation sites (N-methyl/N-ethyl adjacent to an activating group) is 1. The average molecular weight is 265 g/mol. The average Bonchev–Trinajstić information content (AvgIpc) is 2.57. The summed E-state index contributed by atoms with van der Waals surface area (Å²) in [6.07, 6.45) is 1.39. The first-order valence-corrected chi connectivity index (χ1v) is 6.43. The van der Waals surface area contributed by atoms with Crippen LogP contribution in [0.2, 0.25) is 0 Å². The van der Waals surface area contributed by atoms with Crippen LogP contribution in [0.25, 0.3) is 0 Å². The molecule has 0 aromatic heterocycles. The van der Waals surface area contributed by atoms with Crippen LogP contribution < -0.4 is 0 Å². The Kier molecular flexibility index (Phi) is 3.59. The maximum absolute atomic E-state index is 11.9. The zero-order valence-corrected chi connectivity index (χ0v) is 10.9. The van der Waals surface area contributed by atoms with Crippen molar-refractivity contribution in [3.8, 4) is 0 Å². The van der Waals surface area contributed by atoms with Crippen LogP contribution in [-0.4, -0.2) is 23.3 Å². The van der Waals surface area contributed by atoms with Gasteiger partial charge in [0.2, 0.25) is 0 Å². The van der Waals surface area contributed by atoms with Gasteiger partial charge in [-0.05, 0) is 19.1 Å². The third kappa shape index (κ3) is 2.40. The van der Waals surface area contributed by atoms with Crippen LogP contribution in [-0.2, 0) is 9.59 Å². The SMILES string of the molecule is CCN1C(=O)C=C(Sc2ccccc2S)C1=O. The molecule has 0 N–H and O–H groups in total. The van der Waals surface area contributed by atoms with Crippen LogP contribution in [0.3, 0.4) is 0 Å². The topological polar surface area (TPSA) is 37.4 Å². The van der Waals surface area contributed by atoms with E-state index in [-0.39, 0.29) is 11.8 Å². The van der Waals surface area contributed by atoms with Gasteiger partial charge in [0.1, 0.15) is 0 Å². The molecule has 2 rings (SSSR count). The number of thioether (sulfide) groups is 1. The number of amides is 2. The first-order valence-electron chi connectivity index (χ1n) is 5.17. The highest BCUT2D eigenvalue weighted by molar-refractivity contribution is 8.04. The molecule has 0 aliphatic carbocycles. The number of rotatable bonds is 3. The number of benzene rings is 1. The Hall–Kier alpha value is -1.20. The fourth-order valence-electron chi connectivity index (χ4n) is 1.52. The monoisotopic (exact) mass is 265 g/mol. The van der Waals surface area contributed by atoms with Gasteiger partial charge in [-0.25, -0.2) is 0 Å². The summed E-state index contributed by atoms with van der Waals surface area (Å²) in [5, 5.41) is 0. The van der Waals surface area contributed by atoms with Crippen molar-refractivity contribution in [3.05, 3.63) is 35.2 Å². The van der Waals surface area contributed by atoms with E-state index < -0.39 is 0 Å². The van der Waals surface area contributed by atoms with E-state index in [0.717, 1.165) is 9.79 Å². The second-order valence-electron chi connectivity index (χ2n) is 3.47. The number of thiol groups is 1. The van der Waals surface area contributed by atoms with Crippen molar-refractivity contribution in [3.63, 3.8) is 0 Å². The maximum atomic E-state index is 11.9. The Balaban J connectivity index is 2.22. The number of carbonyl (C=O) groups is 2. The van der Waals surface area contributed by atoms with Gasteiger partial charge in [0.15, 0.2) is 0 Å². The first-order chi connectivity index (χ1) is 8.13. The summed E-state index contributed by atoms with van der Waals surface area (Å²) in [7, 11) is 0. The Morgan fingerprint density at radius 1 is 1.29 bits per heavy atom. The Labute approximate surface area is 109 Å². The minimum absolute atomic E-state index is 0.223. The van der Waals surface area contributed by atoms with Gasteiger partial charge in [0.25, 0.3) is 11.8 Å². The number of imide groups is 1. The van der Waals surface area contributed by atoms with Gasteiger partial charge < -0.3 is 0 Å². The lowest BCUT2D eigenvalue weighted by Crippen LogP contribution is -2.30. The van der Waals surface area contributed by atoms with Gasteiger partial charge >= 0.3 is 0 Å². The van der Waals surface area contributed by atoms with E-state index in [1.165, 1.54) is 22.7 Å². The largest absolute Gasteiger partial charge is 0.275 e. The summed E-state index contributed by atoms with van der Waals surface area (Å²) >= 11 is 5.59. The Morgan fingerprint density at radius 2 is 2.00 bits per heavy atom. The third-order valence-corrected chi connectivity index (χ3v) is 4.01. The van der Waals surface area contributed by atoms with Gasteiger partial charge in [-0.15, -0.1) is 12.6 Å². The molecule has 0 fully saturated rings. The highest BCUT2D eigenvalue weighted by atomic mass is 32.2. The van der Waals surface area contributed by atoms with Crippen molar-refractivity contribution in [1.29, 1.82) is 0 Å². The number of carbonyl (C=O) groups excluding carboxylic acids is 2. The molecule has 0 bridgehead atoms. The quantitative estimate of drug-likeness (QED) is 0.673. The second kappa shape index (κ2) is 4.98.